The Balaban J connectivity index is 1.79. The molecule has 0 amide bonds. The first kappa shape index (κ1) is 11.6. The van der Waals surface area contributed by atoms with E-state index in [0.29, 0.717) is 12.0 Å². The van der Waals surface area contributed by atoms with Crippen LogP contribution < -0.4 is 5.73 Å². The summed E-state index contributed by atoms with van der Waals surface area (Å²) in [5.41, 5.74) is 7.46. The van der Waals surface area contributed by atoms with E-state index in [1.165, 1.54) is 18.7 Å². The molecule has 1 aliphatic heterocycles. The molecule has 2 unspecified atom stereocenters. The minimum absolute atomic E-state index is 0.410. The number of hydrogen-bond donors (Lipinski definition) is 1. The predicted octanol–water partition coefficient (Wildman–Crippen LogP) is 1.90. The summed E-state index contributed by atoms with van der Waals surface area (Å²) in [6.07, 6.45) is 2.30. The van der Waals surface area contributed by atoms with Crippen molar-refractivity contribution in [3.8, 4) is 0 Å². The molecule has 1 aromatic rings. The Kier molecular flexibility index (Phi) is 3.97. The monoisotopic (exact) mass is 218 g/mol. The predicted molar refractivity (Wildman–Crippen MR) is 68.3 cm³/mol. The van der Waals surface area contributed by atoms with Crippen LogP contribution >= 0.6 is 0 Å². The maximum Gasteiger partial charge on any atom is 0.00889 e. The van der Waals surface area contributed by atoms with Gasteiger partial charge in [-0.05, 0) is 30.9 Å². The van der Waals surface area contributed by atoms with Gasteiger partial charge in [0.05, 0.1) is 0 Å². The average Bonchev–Trinajstić information content (AvgIpc) is 2.32. The molecule has 0 aromatic heterocycles. The Labute approximate surface area is 98.4 Å². The van der Waals surface area contributed by atoms with Crippen molar-refractivity contribution in [2.45, 2.75) is 25.8 Å². The highest BCUT2D eigenvalue weighted by Gasteiger charge is 2.22. The average molecular weight is 218 g/mol. The highest BCUT2D eigenvalue weighted by Crippen LogP contribution is 2.15. The third-order valence-electron chi connectivity index (χ3n) is 3.62. The zero-order chi connectivity index (χ0) is 11.4. The summed E-state index contributed by atoms with van der Waals surface area (Å²) in [5.74, 6) is 0.643. The fourth-order valence-corrected chi connectivity index (χ4v) is 2.39. The lowest BCUT2D eigenvalue weighted by Gasteiger charge is -2.35. The van der Waals surface area contributed by atoms with E-state index >= 15 is 0 Å². The summed E-state index contributed by atoms with van der Waals surface area (Å²) in [7, 11) is 0. The van der Waals surface area contributed by atoms with Crippen LogP contribution in [-0.4, -0.2) is 30.6 Å². The second-order valence-electron chi connectivity index (χ2n) is 4.97. The van der Waals surface area contributed by atoms with Gasteiger partial charge in [0.1, 0.15) is 0 Å². The Bertz CT molecular complexity index is 310. The topological polar surface area (TPSA) is 29.3 Å². The quantitative estimate of drug-likeness (QED) is 0.839. The first-order valence-corrected chi connectivity index (χ1v) is 6.27. The molecule has 1 saturated heterocycles. The van der Waals surface area contributed by atoms with Crippen molar-refractivity contribution in [2.24, 2.45) is 11.7 Å². The maximum atomic E-state index is 6.02. The van der Waals surface area contributed by atoms with E-state index < -0.39 is 0 Å². The van der Waals surface area contributed by atoms with Crippen molar-refractivity contribution in [2.75, 3.05) is 19.6 Å². The van der Waals surface area contributed by atoms with Gasteiger partial charge < -0.3 is 10.6 Å². The van der Waals surface area contributed by atoms with Crippen LogP contribution in [0.15, 0.2) is 30.3 Å². The number of nitrogens with zero attached hydrogens (tertiary/aromatic N) is 1. The minimum atomic E-state index is 0.410. The van der Waals surface area contributed by atoms with Crippen molar-refractivity contribution in [3.05, 3.63) is 35.9 Å². The van der Waals surface area contributed by atoms with E-state index in [4.69, 9.17) is 5.73 Å². The van der Waals surface area contributed by atoms with Gasteiger partial charge in [0.15, 0.2) is 0 Å². The third-order valence-corrected chi connectivity index (χ3v) is 3.62. The van der Waals surface area contributed by atoms with Crippen LogP contribution in [0, 0.1) is 5.92 Å². The zero-order valence-electron chi connectivity index (χ0n) is 10.1. The first-order chi connectivity index (χ1) is 7.75. The SMILES string of the molecule is CC1CN(CCc2ccccc2)CCC1N. The van der Waals surface area contributed by atoms with Crippen molar-refractivity contribution < 1.29 is 0 Å². The Morgan fingerprint density at radius 3 is 2.75 bits per heavy atom. The fraction of sp³-hybridized carbons (Fsp3) is 0.571. The Morgan fingerprint density at radius 1 is 1.31 bits per heavy atom. The van der Waals surface area contributed by atoms with E-state index in [1.807, 2.05) is 0 Å². The highest BCUT2D eigenvalue weighted by atomic mass is 15.1. The van der Waals surface area contributed by atoms with E-state index in [1.54, 1.807) is 0 Å². The highest BCUT2D eigenvalue weighted by molar-refractivity contribution is 5.14. The molecule has 1 heterocycles. The van der Waals surface area contributed by atoms with Crippen LogP contribution in [0.5, 0.6) is 0 Å². The molecule has 0 spiro atoms. The number of rotatable bonds is 3. The molecule has 0 bridgehead atoms. The van der Waals surface area contributed by atoms with Crippen molar-refractivity contribution in [3.63, 3.8) is 0 Å². The summed E-state index contributed by atoms with van der Waals surface area (Å²) in [6.45, 7) is 5.76. The summed E-state index contributed by atoms with van der Waals surface area (Å²) >= 11 is 0. The molecular weight excluding hydrogens is 196 g/mol. The normalized spacial score (nSPS) is 26.9. The maximum absolute atomic E-state index is 6.02. The molecule has 2 rings (SSSR count). The van der Waals surface area contributed by atoms with E-state index in [9.17, 15) is 0 Å². The molecule has 2 atom stereocenters. The molecule has 0 aliphatic carbocycles. The molecule has 16 heavy (non-hydrogen) atoms. The van der Waals surface area contributed by atoms with Gasteiger partial charge in [-0.1, -0.05) is 37.3 Å². The van der Waals surface area contributed by atoms with Crippen molar-refractivity contribution in [1.82, 2.24) is 4.90 Å². The second kappa shape index (κ2) is 5.46. The molecule has 0 saturated carbocycles. The largest absolute Gasteiger partial charge is 0.327 e. The van der Waals surface area contributed by atoms with E-state index in [-0.39, 0.29) is 0 Å². The minimum Gasteiger partial charge on any atom is -0.327 e. The summed E-state index contributed by atoms with van der Waals surface area (Å²) < 4.78 is 0. The summed E-state index contributed by atoms with van der Waals surface area (Å²) in [5, 5.41) is 0. The van der Waals surface area contributed by atoms with Gasteiger partial charge in [-0.3, -0.25) is 0 Å². The smallest absolute Gasteiger partial charge is 0.00889 e. The molecular formula is C14H22N2. The van der Waals surface area contributed by atoms with Gasteiger partial charge >= 0.3 is 0 Å². The zero-order valence-corrected chi connectivity index (χ0v) is 10.1. The molecule has 2 heteroatoms. The molecule has 0 radical (unpaired) electrons. The van der Waals surface area contributed by atoms with Gasteiger partial charge in [0.2, 0.25) is 0 Å². The number of nitrogens with two attached hydrogens (primary N) is 1. The standard InChI is InChI=1S/C14H22N2/c1-12-11-16(10-8-14(12)15)9-7-13-5-3-2-4-6-13/h2-6,12,14H,7-11,15H2,1H3. The van der Waals surface area contributed by atoms with E-state index in [2.05, 4.69) is 42.2 Å². The second-order valence-corrected chi connectivity index (χ2v) is 4.97. The lowest BCUT2D eigenvalue weighted by molar-refractivity contribution is 0.166. The summed E-state index contributed by atoms with van der Waals surface area (Å²) in [4.78, 5) is 2.54. The van der Waals surface area contributed by atoms with Crippen LogP contribution in [-0.2, 0) is 6.42 Å². The lowest BCUT2D eigenvalue weighted by Crippen LogP contribution is -2.46. The number of likely N-dealkylation sites (tertiary alicyclic amines) is 1. The van der Waals surface area contributed by atoms with Gasteiger partial charge in [0, 0.05) is 19.1 Å². The van der Waals surface area contributed by atoms with Crippen LogP contribution in [0.4, 0.5) is 0 Å². The van der Waals surface area contributed by atoms with Crippen LogP contribution in [0.2, 0.25) is 0 Å². The van der Waals surface area contributed by atoms with Crippen LogP contribution in [0.1, 0.15) is 18.9 Å². The van der Waals surface area contributed by atoms with E-state index in [0.717, 1.165) is 19.4 Å². The van der Waals surface area contributed by atoms with Gasteiger partial charge in [-0.2, -0.15) is 0 Å². The third kappa shape index (κ3) is 3.06. The molecule has 1 fully saturated rings. The number of piperidine rings is 1. The van der Waals surface area contributed by atoms with Gasteiger partial charge in [-0.15, -0.1) is 0 Å². The summed E-state index contributed by atoms with van der Waals surface area (Å²) in [6, 6.07) is 11.1. The molecule has 88 valence electrons. The number of benzene rings is 1. The Morgan fingerprint density at radius 2 is 2.06 bits per heavy atom. The van der Waals surface area contributed by atoms with Gasteiger partial charge in [-0.25, -0.2) is 0 Å². The fourth-order valence-electron chi connectivity index (χ4n) is 2.39. The van der Waals surface area contributed by atoms with Gasteiger partial charge in [0.25, 0.3) is 0 Å². The van der Waals surface area contributed by atoms with Crippen molar-refractivity contribution in [1.29, 1.82) is 0 Å². The molecule has 2 N–H and O–H groups in total. The van der Waals surface area contributed by atoms with Crippen LogP contribution in [0.25, 0.3) is 0 Å². The number of hydrogen-bond acceptors (Lipinski definition) is 2. The van der Waals surface area contributed by atoms with Crippen molar-refractivity contribution >= 4 is 0 Å². The molecule has 1 aromatic carbocycles. The lowest BCUT2D eigenvalue weighted by atomic mass is 9.94. The van der Waals surface area contributed by atoms with Crippen LogP contribution in [0.3, 0.4) is 0 Å². The molecule has 2 nitrogen and oxygen atoms in total. The first-order valence-electron chi connectivity index (χ1n) is 6.27. The molecule has 1 aliphatic rings. The Hall–Kier alpha value is -0.860.